The van der Waals surface area contributed by atoms with Gasteiger partial charge in [0, 0.05) is 10.7 Å². The van der Waals surface area contributed by atoms with Gasteiger partial charge >= 0.3 is 12.0 Å². The van der Waals surface area contributed by atoms with E-state index in [0.717, 1.165) is 5.56 Å². The Labute approximate surface area is 192 Å². The van der Waals surface area contributed by atoms with Crippen molar-refractivity contribution in [3.63, 3.8) is 0 Å². The van der Waals surface area contributed by atoms with Gasteiger partial charge in [-0.3, -0.25) is 0 Å². The van der Waals surface area contributed by atoms with E-state index >= 15 is 0 Å². The van der Waals surface area contributed by atoms with Gasteiger partial charge in [-0.1, -0.05) is 49.7 Å². The summed E-state index contributed by atoms with van der Waals surface area (Å²) in [6.45, 7) is 5.88. The van der Waals surface area contributed by atoms with Crippen molar-refractivity contribution in [2.24, 2.45) is 0 Å². The van der Waals surface area contributed by atoms with Crippen LogP contribution in [-0.2, 0) is 19.4 Å². The first-order chi connectivity index (χ1) is 15.1. The van der Waals surface area contributed by atoms with E-state index in [9.17, 15) is 18.0 Å². The monoisotopic (exact) mass is 476 g/mol. The number of sulfone groups is 1. The summed E-state index contributed by atoms with van der Waals surface area (Å²) in [4.78, 5) is 25.3. The zero-order valence-corrected chi connectivity index (χ0v) is 19.6. The van der Waals surface area contributed by atoms with Crippen LogP contribution in [0.15, 0.2) is 64.7 Å². The third-order valence-corrected chi connectivity index (χ3v) is 7.00. The molecule has 0 aliphatic carbocycles. The summed E-state index contributed by atoms with van der Waals surface area (Å²) in [5, 5.41) is 5.61. The van der Waals surface area contributed by atoms with E-state index in [4.69, 9.17) is 16.3 Å². The summed E-state index contributed by atoms with van der Waals surface area (Å²) in [5.74, 6) is -0.956. The van der Waals surface area contributed by atoms with Crippen LogP contribution in [0.1, 0.15) is 43.9 Å². The zero-order chi connectivity index (χ0) is 23.5. The van der Waals surface area contributed by atoms with Crippen molar-refractivity contribution in [2.75, 3.05) is 12.4 Å². The Hall–Kier alpha value is -2.84. The van der Waals surface area contributed by atoms with E-state index in [1.165, 1.54) is 24.3 Å². The Morgan fingerprint density at radius 1 is 1.09 bits per heavy atom. The Balaban J connectivity index is 2.07. The van der Waals surface area contributed by atoms with Crippen molar-refractivity contribution in [1.82, 2.24) is 10.6 Å². The van der Waals surface area contributed by atoms with E-state index < -0.39 is 33.6 Å². The van der Waals surface area contributed by atoms with Crippen LogP contribution in [0.3, 0.4) is 0 Å². The predicted molar refractivity (Wildman–Crippen MR) is 122 cm³/mol. The molecule has 1 heterocycles. The third kappa shape index (κ3) is 5.31. The Bertz CT molecular complexity index is 1140. The van der Waals surface area contributed by atoms with Gasteiger partial charge in [0.05, 0.1) is 28.9 Å². The molecule has 0 saturated heterocycles. The number of amides is 2. The number of esters is 1. The van der Waals surface area contributed by atoms with E-state index in [1.54, 1.807) is 6.92 Å². The first-order valence-electron chi connectivity index (χ1n) is 10.2. The number of nitrogens with one attached hydrogen (secondary N) is 2. The van der Waals surface area contributed by atoms with Crippen LogP contribution in [0.5, 0.6) is 0 Å². The van der Waals surface area contributed by atoms with Gasteiger partial charge in [0.1, 0.15) is 0 Å². The number of ether oxygens (including phenoxy) is 1. The van der Waals surface area contributed by atoms with E-state index in [1.807, 2.05) is 24.3 Å². The van der Waals surface area contributed by atoms with Gasteiger partial charge in [0.2, 0.25) is 0 Å². The fourth-order valence-corrected chi connectivity index (χ4v) is 4.87. The lowest BCUT2D eigenvalue weighted by Gasteiger charge is -2.29. The molecular formula is C23H25ClN2O5S. The molecule has 3 rings (SSSR count). The second-order valence-corrected chi connectivity index (χ2v) is 10.1. The highest BCUT2D eigenvalue weighted by molar-refractivity contribution is 7.91. The van der Waals surface area contributed by atoms with Gasteiger partial charge in [-0.2, -0.15) is 0 Å². The van der Waals surface area contributed by atoms with Gasteiger partial charge < -0.3 is 15.4 Å². The number of carbonyl (C=O) groups is 2. The molecular weight excluding hydrogens is 452 g/mol. The van der Waals surface area contributed by atoms with Crippen LogP contribution in [0.4, 0.5) is 4.79 Å². The summed E-state index contributed by atoms with van der Waals surface area (Å²) in [6, 6.07) is 11.7. The van der Waals surface area contributed by atoms with Crippen LogP contribution in [0.2, 0.25) is 5.02 Å². The number of urea groups is 1. The minimum absolute atomic E-state index is 0.0138. The molecule has 1 atom stereocenters. The molecule has 1 aliphatic rings. The van der Waals surface area contributed by atoms with Gasteiger partial charge in [0.25, 0.3) is 0 Å². The van der Waals surface area contributed by atoms with Gasteiger partial charge in [-0.15, -0.1) is 0 Å². The molecule has 0 bridgehead atoms. The van der Waals surface area contributed by atoms with Crippen LogP contribution < -0.4 is 10.6 Å². The SMILES string of the molecule is CCOC(=O)C1=C(CS(=O)(=O)c2ccc(Cl)cc2)NC(=O)NC1c1ccc(C(C)C)cc1. The van der Waals surface area contributed by atoms with Crippen LogP contribution in [-0.4, -0.2) is 32.8 Å². The minimum atomic E-state index is -3.87. The lowest BCUT2D eigenvalue weighted by Crippen LogP contribution is -2.47. The highest BCUT2D eigenvalue weighted by atomic mass is 35.5. The number of carbonyl (C=O) groups excluding carboxylic acids is 2. The Morgan fingerprint density at radius 2 is 1.72 bits per heavy atom. The number of hydrogen-bond donors (Lipinski definition) is 2. The quantitative estimate of drug-likeness (QED) is 0.585. The summed E-state index contributed by atoms with van der Waals surface area (Å²) in [7, 11) is -3.87. The molecule has 32 heavy (non-hydrogen) atoms. The second kappa shape index (κ2) is 9.75. The zero-order valence-electron chi connectivity index (χ0n) is 18.0. The smallest absolute Gasteiger partial charge is 0.338 e. The minimum Gasteiger partial charge on any atom is -0.463 e. The number of hydrogen-bond acceptors (Lipinski definition) is 5. The maximum Gasteiger partial charge on any atom is 0.338 e. The van der Waals surface area contributed by atoms with E-state index in [-0.39, 0.29) is 22.8 Å². The Kier molecular flexibility index (Phi) is 7.26. The molecule has 0 spiro atoms. The molecule has 0 saturated carbocycles. The first kappa shape index (κ1) is 23.8. The molecule has 2 aromatic rings. The van der Waals surface area contributed by atoms with Crippen molar-refractivity contribution < 1.29 is 22.7 Å². The van der Waals surface area contributed by atoms with Gasteiger partial charge in [-0.05, 0) is 48.2 Å². The highest BCUT2D eigenvalue weighted by Gasteiger charge is 2.35. The lowest BCUT2D eigenvalue weighted by molar-refractivity contribution is -0.139. The summed E-state index contributed by atoms with van der Waals surface area (Å²) in [5.41, 5.74) is 1.79. The fourth-order valence-electron chi connectivity index (χ4n) is 3.42. The van der Waals surface area contributed by atoms with Crippen molar-refractivity contribution in [3.8, 4) is 0 Å². The van der Waals surface area contributed by atoms with Crippen LogP contribution >= 0.6 is 11.6 Å². The summed E-state index contributed by atoms with van der Waals surface area (Å²) >= 11 is 5.86. The summed E-state index contributed by atoms with van der Waals surface area (Å²) < 4.78 is 31.2. The molecule has 2 N–H and O–H groups in total. The van der Waals surface area contributed by atoms with Gasteiger partial charge in [-0.25, -0.2) is 18.0 Å². The molecule has 1 aliphatic heterocycles. The van der Waals surface area contributed by atoms with Crippen molar-refractivity contribution in [2.45, 2.75) is 37.6 Å². The van der Waals surface area contributed by atoms with Crippen LogP contribution in [0, 0.1) is 0 Å². The topological polar surface area (TPSA) is 102 Å². The lowest BCUT2D eigenvalue weighted by atomic mass is 9.93. The normalized spacial score (nSPS) is 16.5. The second-order valence-electron chi connectivity index (χ2n) is 7.68. The number of halogens is 1. The molecule has 2 amide bonds. The predicted octanol–water partition coefficient (Wildman–Crippen LogP) is 4.11. The average Bonchev–Trinajstić information content (AvgIpc) is 2.73. The third-order valence-electron chi connectivity index (χ3n) is 5.09. The number of rotatable bonds is 7. The van der Waals surface area contributed by atoms with Gasteiger partial charge in [0.15, 0.2) is 9.84 Å². The van der Waals surface area contributed by atoms with Crippen LogP contribution in [0.25, 0.3) is 0 Å². The van der Waals surface area contributed by atoms with Crippen molar-refractivity contribution >= 4 is 33.4 Å². The van der Waals surface area contributed by atoms with Crippen molar-refractivity contribution in [1.29, 1.82) is 0 Å². The fraction of sp³-hybridized carbons (Fsp3) is 0.304. The average molecular weight is 477 g/mol. The standard InChI is InChI=1S/C23H25ClN2O5S/c1-4-31-22(27)20-19(13-32(29,30)18-11-9-17(24)10-12-18)25-23(28)26-21(20)16-7-5-15(6-8-16)14(2)3/h5-12,14,21H,4,13H2,1-3H3,(H2,25,26,28). The molecule has 0 aromatic heterocycles. The number of benzene rings is 2. The molecule has 2 aromatic carbocycles. The molecule has 1 unspecified atom stereocenters. The maximum atomic E-state index is 13.0. The van der Waals surface area contributed by atoms with E-state index in [0.29, 0.717) is 16.5 Å². The molecule has 0 radical (unpaired) electrons. The van der Waals surface area contributed by atoms with Crippen molar-refractivity contribution in [3.05, 3.63) is 76.0 Å². The highest BCUT2D eigenvalue weighted by Crippen LogP contribution is 2.30. The molecule has 7 nitrogen and oxygen atoms in total. The largest absolute Gasteiger partial charge is 0.463 e. The van der Waals surface area contributed by atoms with E-state index in [2.05, 4.69) is 24.5 Å². The molecule has 9 heteroatoms. The summed E-state index contributed by atoms with van der Waals surface area (Å²) in [6.07, 6.45) is 0. The molecule has 170 valence electrons. The molecule has 0 fully saturated rings. The maximum absolute atomic E-state index is 13.0. The Morgan fingerprint density at radius 3 is 2.28 bits per heavy atom. The first-order valence-corrected chi connectivity index (χ1v) is 12.2.